The third-order valence-corrected chi connectivity index (χ3v) is 2.55. The third-order valence-electron chi connectivity index (χ3n) is 2.55. The zero-order valence-corrected chi connectivity index (χ0v) is 11.3. The number of nitrogens with zero attached hydrogens (tertiary/aromatic N) is 1. The molecule has 3 N–H and O–H groups in total. The highest BCUT2D eigenvalue weighted by Gasteiger charge is 2.26. The fourth-order valence-corrected chi connectivity index (χ4v) is 1.33. The molecule has 0 saturated carbocycles. The maximum absolute atomic E-state index is 11.8. The number of morpholine rings is 1. The Morgan fingerprint density at radius 3 is 2.69 bits per heavy atom. The van der Waals surface area contributed by atoms with E-state index >= 15 is 0 Å². The van der Waals surface area contributed by atoms with Gasteiger partial charge < -0.3 is 20.7 Å². The molecule has 0 aliphatic carbocycles. The lowest BCUT2D eigenvalue weighted by Crippen LogP contribution is -2.51. The Kier molecular flexibility index (Phi) is 10.3. The van der Waals surface area contributed by atoms with Crippen LogP contribution in [0.2, 0.25) is 0 Å². The smallest absolute Gasteiger partial charge is 0.253 e. The van der Waals surface area contributed by atoms with E-state index in [2.05, 4.69) is 5.32 Å². The van der Waals surface area contributed by atoms with E-state index in [1.165, 1.54) is 0 Å². The molecular weight excluding hydrogens is 253 g/mol. The van der Waals surface area contributed by atoms with Crippen molar-refractivity contribution in [2.75, 3.05) is 33.3 Å². The molecule has 1 amide bonds. The van der Waals surface area contributed by atoms with Gasteiger partial charge in [-0.15, -0.1) is 24.8 Å². The Morgan fingerprint density at radius 2 is 2.25 bits per heavy atom. The summed E-state index contributed by atoms with van der Waals surface area (Å²) >= 11 is 0. The lowest BCUT2D eigenvalue weighted by Gasteiger charge is -2.30. The standard InChI is InChI=1S/C9H19N3O2.2ClH/c1-7(5-10)12(2)9(13)8-6-11-3-4-14-8;;/h7-8,11H,3-6,10H2,1-2H3;2*1H/t7?,8-;;/m1../s1. The van der Waals surface area contributed by atoms with Gasteiger partial charge in [-0.3, -0.25) is 4.79 Å². The first-order chi connectivity index (χ1) is 6.66. The van der Waals surface area contributed by atoms with Gasteiger partial charge >= 0.3 is 0 Å². The van der Waals surface area contributed by atoms with Gasteiger partial charge in [0.25, 0.3) is 5.91 Å². The monoisotopic (exact) mass is 273 g/mol. The summed E-state index contributed by atoms with van der Waals surface area (Å²) in [5, 5.41) is 3.12. The average Bonchev–Trinajstić information content (AvgIpc) is 2.27. The first-order valence-electron chi connectivity index (χ1n) is 4.96. The second-order valence-corrected chi connectivity index (χ2v) is 3.60. The fraction of sp³-hybridized carbons (Fsp3) is 0.889. The summed E-state index contributed by atoms with van der Waals surface area (Å²) in [7, 11) is 1.76. The Labute approximate surface area is 109 Å². The molecule has 1 rings (SSSR count). The molecule has 0 radical (unpaired) electrons. The third kappa shape index (κ3) is 4.84. The van der Waals surface area contributed by atoms with Crippen LogP contribution in [0.4, 0.5) is 0 Å². The van der Waals surface area contributed by atoms with Gasteiger partial charge in [-0.05, 0) is 6.92 Å². The molecule has 0 aromatic carbocycles. The highest BCUT2D eigenvalue weighted by Crippen LogP contribution is 2.03. The van der Waals surface area contributed by atoms with E-state index in [1.54, 1.807) is 11.9 Å². The summed E-state index contributed by atoms with van der Waals surface area (Å²) < 4.78 is 5.36. The minimum atomic E-state index is -0.345. The zero-order chi connectivity index (χ0) is 10.6. The lowest BCUT2D eigenvalue weighted by atomic mass is 10.2. The van der Waals surface area contributed by atoms with Gasteiger partial charge in [0.05, 0.1) is 6.61 Å². The predicted octanol–water partition coefficient (Wildman–Crippen LogP) is -0.376. The number of hydrogen-bond donors (Lipinski definition) is 2. The minimum absolute atomic E-state index is 0. The molecule has 1 fully saturated rings. The van der Waals surface area contributed by atoms with Gasteiger partial charge in [0.15, 0.2) is 0 Å². The van der Waals surface area contributed by atoms with E-state index in [0.717, 1.165) is 6.54 Å². The Balaban J connectivity index is 0. The molecule has 1 aliphatic heterocycles. The summed E-state index contributed by atoms with van der Waals surface area (Å²) in [5.74, 6) is 0.00940. The highest BCUT2D eigenvalue weighted by atomic mass is 35.5. The molecule has 1 aliphatic rings. The van der Waals surface area contributed by atoms with E-state index in [4.69, 9.17) is 10.5 Å². The Bertz CT molecular complexity index is 197. The molecule has 7 heteroatoms. The maximum Gasteiger partial charge on any atom is 0.253 e. The number of ether oxygens (including phenoxy) is 1. The van der Waals surface area contributed by atoms with Crippen LogP contribution in [-0.2, 0) is 9.53 Å². The van der Waals surface area contributed by atoms with Crippen molar-refractivity contribution in [2.24, 2.45) is 5.73 Å². The number of hydrogen-bond acceptors (Lipinski definition) is 4. The summed E-state index contributed by atoms with van der Waals surface area (Å²) in [6, 6.07) is 0.0630. The van der Waals surface area contributed by atoms with Crippen LogP contribution in [-0.4, -0.2) is 56.2 Å². The van der Waals surface area contributed by atoms with Gasteiger partial charge in [0.2, 0.25) is 0 Å². The molecule has 1 unspecified atom stereocenters. The number of carbonyl (C=O) groups excluding carboxylic acids is 1. The van der Waals surface area contributed by atoms with Crippen molar-refractivity contribution >= 4 is 30.7 Å². The van der Waals surface area contributed by atoms with Gasteiger partial charge in [-0.1, -0.05) is 0 Å². The van der Waals surface area contributed by atoms with Crippen molar-refractivity contribution in [3.8, 4) is 0 Å². The van der Waals surface area contributed by atoms with Crippen LogP contribution in [0.1, 0.15) is 6.92 Å². The van der Waals surface area contributed by atoms with Gasteiger partial charge in [-0.25, -0.2) is 0 Å². The van der Waals surface area contributed by atoms with E-state index < -0.39 is 0 Å². The van der Waals surface area contributed by atoms with Crippen LogP contribution < -0.4 is 11.1 Å². The molecular formula is C9H21Cl2N3O2. The summed E-state index contributed by atoms with van der Waals surface area (Å²) in [5.41, 5.74) is 5.49. The van der Waals surface area contributed by atoms with Crippen molar-refractivity contribution in [3.63, 3.8) is 0 Å². The maximum atomic E-state index is 11.8. The van der Waals surface area contributed by atoms with E-state index in [1.807, 2.05) is 6.92 Å². The van der Waals surface area contributed by atoms with Crippen LogP contribution in [0.25, 0.3) is 0 Å². The quantitative estimate of drug-likeness (QED) is 0.736. The SMILES string of the molecule is CC(CN)N(C)C(=O)[C@H]1CNCCO1.Cl.Cl. The van der Waals surface area contributed by atoms with Gasteiger partial charge in [0.1, 0.15) is 6.10 Å². The lowest BCUT2D eigenvalue weighted by molar-refractivity contribution is -0.145. The Morgan fingerprint density at radius 1 is 1.62 bits per heavy atom. The topological polar surface area (TPSA) is 67.6 Å². The van der Waals surface area contributed by atoms with Crippen molar-refractivity contribution in [3.05, 3.63) is 0 Å². The number of carbonyl (C=O) groups is 1. The number of likely N-dealkylation sites (N-methyl/N-ethyl adjacent to an activating group) is 1. The minimum Gasteiger partial charge on any atom is -0.366 e. The number of rotatable bonds is 3. The van der Waals surface area contributed by atoms with Crippen LogP contribution in [0.15, 0.2) is 0 Å². The molecule has 1 heterocycles. The average molecular weight is 274 g/mol. The Hall–Kier alpha value is -0.0700. The molecule has 16 heavy (non-hydrogen) atoms. The van der Waals surface area contributed by atoms with Crippen LogP contribution >= 0.6 is 24.8 Å². The van der Waals surface area contributed by atoms with Crippen molar-refractivity contribution in [2.45, 2.75) is 19.1 Å². The van der Waals surface area contributed by atoms with Crippen LogP contribution in [0.3, 0.4) is 0 Å². The summed E-state index contributed by atoms with van der Waals surface area (Å²) in [4.78, 5) is 13.5. The van der Waals surface area contributed by atoms with Gasteiger partial charge in [-0.2, -0.15) is 0 Å². The molecule has 0 spiro atoms. The number of nitrogens with two attached hydrogens (primary N) is 1. The van der Waals surface area contributed by atoms with E-state index in [0.29, 0.717) is 19.7 Å². The highest BCUT2D eigenvalue weighted by molar-refractivity contribution is 5.85. The summed E-state index contributed by atoms with van der Waals surface area (Å²) in [6.45, 7) is 4.41. The number of halogens is 2. The van der Waals surface area contributed by atoms with Crippen molar-refractivity contribution < 1.29 is 9.53 Å². The van der Waals surface area contributed by atoms with Crippen LogP contribution in [0, 0.1) is 0 Å². The molecule has 0 bridgehead atoms. The first kappa shape index (κ1) is 18.3. The van der Waals surface area contributed by atoms with E-state index in [-0.39, 0.29) is 42.9 Å². The van der Waals surface area contributed by atoms with Crippen LogP contribution in [0.5, 0.6) is 0 Å². The predicted molar refractivity (Wildman–Crippen MR) is 68.4 cm³/mol. The molecule has 2 atom stereocenters. The molecule has 0 aromatic heterocycles. The first-order valence-corrected chi connectivity index (χ1v) is 4.96. The molecule has 1 saturated heterocycles. The van der Waals surface area contributed by atoms with Gasteiger partial charge in [0, 0.05) is 32.7 Å². The second-order valence-electron chi connectivity index (χ2n) is 3.60. The summed E-state index contributed by atoms with van der Waals surface area (Å²) in [6.07, 6.45) is -0.345. The fourth-order valence-electron chi connectivity index (χ4n) is 1.33. The molecule has 98 valence electrons. The van der Waals surface area contributed by atoms with Crippen molar-refractivity contribution in [1.82, 2.24) is 10.2 Å². The largest absolute Gasteiger partial charge is 0.366 e. The normalized spacial score (nSPS) is 21.3. The molecule has 0 aromatic rings. The zero-order valence-electron chi connectivity index (χ0n) is 9.64. The second kappa shape index (κ2) is 9.01. The molecule has 5 nitrogen and oxygen atoms in total. The van der Waals surface area contributed by atoms with Crippen molar-refractivity contribution in [1.29, 1.82) is 0 Å². The number of amides is 1. The number of nitrogens with one attached hydrogen (secondary N) is 1. The van der Waals surface area contributed by atoms with E-state index in [9.17, 15) is 4.79 Å².